The Hall–Kier alpha value is -1.82. The molecule has 0 amide bonds. The second-order valence-electron chi connectivity index (χ2n) is 6.22. The van der Waals surface area contributed by atoms with Gasteiger partial charge in [0.2, 0.25) is 0 Å². The summed E-state index contributed by atoms with van der Waals surface area (Å²) >= 11 is 0. The van der Waals surface area contributed by atoms with Gasteiger partial charge in [-0.2, -0.15) is 0 Å². The van der Waals surface area contributed by atoms with Crippen LogP contribution >= 0.6 is 0 Å². The molecule has 108 valence electrons. The lowest BCUT2D eigenvalue weighted by molar-refractivity contribution is 0.471. The molecular weight excluding hydrogens is 252 g/mol. The Morgan fingerprint density at radius 3 is 1.95 bits per heavy atom. The minimum Gasteiger partial charge on any atom is -0.0804 e. The average molecular weight is 276 g/mol. The summed E-state index contributed by atoms with van der Waals surface area (Å²) in [6.45, 7) is 4.44. The molecule has 0 heteroatoms. The smallest absolute Gasteiger partial charge is 0.0184 e. The van der Waals surface area contributed by atoms with Crippen molar-refractivity contribution in [2.75, 3.05) is 0 Å². The summed E-state index contributed by atoms with van der Waals surface area (Å²) in [5.41, 5.74) is 6.86. The molecule has 2 aromatic carbocycles. The highest BCUT2D eigenvalue weighted by atomic mass is 14.2. The van der Waals surface area contributed by atoms with Gasteiger partial charge in [-0.3, -0.25) is 0 Å². The van der Waals surface area contributed by atoms with Crippen LogP contribution in [0.3, 0.4) is 0 Å². The minimum absolute atomic E-state index is 0.903. The molecule has 0 radical (unpaired) electrons. The van der Waals surface area contributed by atoms with Crippen LogP contribution in [0.15, 0.2) is 54.6 Å². The van der Waals surface area contributed by atoms with E-state index in [0.717, 1.165) is 5.92 Å². The van der Waals surface area contributed by atoms with Crippen LogP contribution in [-0.4, -0.2) is 0 Å². The van der Waals surface area contributed by atoms with E-state index >= 15 is 0 Å². The van der Waals surface area contributed by atoms with Crippen molar-refractivity contribution in [2.24, 2.45) is 5.92 Å². The molecule has 0 aromatic heterocycles. The molecule has 1 unspecified atom stereocenters. The van der Waals surface area contributed by atoms with Gasteiger partial charge in [0.05, 0.1) is 0 Å². The summed E-state index contributed by atoms with van der Waals surface area (Å²) in [6.07, 6.45) is 7.62. The van der Waals surface area contributed by atoms with Crippen LogP contribution in [0, 0.1) is 12.8 Å². The number of benzene rings is 2. The van der Waals surface area contributed by atoms with Crippen molar-refractivity contribution >= 4 is 5.57 Å². The van der Waals surface area contributed by atoms with Crippen molar-refractivity contribution in [1.82, 2.24) is 0 Å². The van der Waals surface area contributed by atoms with Gasteiger partial charge < -0.3 is 0 Å². The van der Waals surface area contributed by atoms with Crippen molar-refractivity contribution in [3.63, 3.8) is 0 Å². The first-order valence-electron chi connectivity index (χ1n) is 8.13. The lowest BCUT2D eigenvalue weighted by Crippen LogP contribution is -2.03. The molecule has 21 heavy (non-hydrogen) atoms. The summed E-state index contributed by atoms with van der Waals surface area (Å²) in [5, 5.41) is 0. The van der Waals surface area contributed by atoms with Crippen molar-refractivity contribution in [3.05, 3.63) is 65.7 Å². The fraction of sp³-hybridized carbons (Fsp3) is 0.333. The van der Waals surface area contributed by atoms with Crippen LogP contribution < -0.4 is 0 Å². The minimum atomic E-state index is 0.903. The predicted molar refractivity (Wildman–Crippen MR) is 92.2 cm³/mol. The first kappa shape index (κ1) is 14.1. The third-order valence-corrected chi connectivity index (χ3v) is 4.74. The van der Waals surface area contributed by atoms with Crippen molar-refractivity contribution in [1.29, 1.82) is 0 Å². The van der Waals surface area contributed by atoms with Gasteiger partial charge in [0.15, 0.2) is 0 Å². The molecule has 1 atom stereocenters. The van der Waals surface area contributed by atoms with E-state index in [-0.39, 0.29) is 0 Å². The Labute approximate surface area is 128 Å². The highest BCUT2D eigenvalue weighted by Gasteiger charge is 2.13. The number of aryl methyl sites for hydroxylation is 1. The van der Waals surface area contributed by atoms with E-state index in [1.165, 1.54) is 53.5 Å². The maximum absolute atomic E-state index is 2.46. The Kier molecular flexibility index (Phi) is 4.24. The van der Waals surface area contributed by atoms with E-state index in [9.17, 15) is 0 Å². The normalized spacial score (nSPS) is 18.4. The Bertz CT molecular complexity index is 614. The standard InChI is InChI=1S/C21H24/c1-3-17-6-10-19(11-7-17)21-14-12-20(13-15-21)18-8-4-16(2)5-9-18/h4-5,8-10,12-15,17H,3,6-7,11H2,1-2H3. The van der Waals surface area contributed by atoms with E-state index in [0.29, 0.717) is 0 Å². The molecule has 3 rings (SSSR count). The van der Waals surface area contributed by atoms with Crippen LogP contribution in [0.1, 0.15) is 43.7 Å². The zero-order valence-electron chi connectivity index (χ0n) is 13.1. The molecule has 2 aromatic rings. The SMILES string of the molecule is CCC1CC=C(c2ccc(-c3ccc(C)cc3)cc2)CC1. The second-order valence-corrected chi connectivity index (χ2v) is 6.22. The number of allylic oxidation sites excluding steroid dienone is 2. The van der Waals surface area contributed by atoms with Crippen LogP contribution in [0.25, 0.3) is 16.7 Å². The zero-order valence-corrected chi connectivity index (χ0v) is 13.1. The monoisotopic (exact) mass is 276 g/mol. The van der Waals surface area contributed by atoms with Crippen LogP contribution in [0.4, 0.5) is 0 Å². The summed E-state index contributed by atoms with van der Waals surface area (Å²) in [7, 11) is 0. The van der Waals surface area contributed by atoms with Crippen LogP contribution in [0.5, 0.6) is 0 Å². The Morgan fingerprint density at radius 2 is 1.43 bits per heavy atom. The summed E-state index contributed by atoms with van der Waals surface area (Å²) in [6, 6.07) is 17.8. The molecule has 1 aliphatic carbocycles. The lowest BCUT2D eigenvalue weighted by atomic mass is 9.85. The number of rotatable bonds is 3. The Morgan fingerprint density at radius 1 is 0.857 bits per heavy atom. The van der Waals surface area contributed by atoms with Gasteiger partial charge in [0, 0.05) is 0 Å². The molecule has 0 heterocycles. The highest BCUT2D eigenvalue weighted by molar-refractivity contribution is 5.71. The molecule has 0 aliphatic heterocycles. The van der Waals surface area contributed by atoms with Gasteiger partial charge in [-0.05, 0) is 54.4 Å². The first-order chi connectivity index (χ1) is 10.3. The van der Waals surface area contributed by atoms with Crippen LogP contribution in [-0.2, 0) is 0 Å². The largest absolute Gasteiger partial charge is 0.0804 e. The topological polar surface area (TPSA) is 0 Å². The van der Waals surface area contributed by atoms with Gasteiger partial charge >= 0.3 is 0 Å². The maximum Gasteiger partial charge on any atom is -0.0184 e. The maximum atomic E-state index is 2.46. The number of hydrogen-bond acceptors (Lipinski definition) is 0. The molecule has 0 bridgehead atoms. The third kappa shape index (κ3) is 3.26. The van der Waals surface area contributed by atoms with Crippen molar-refractivity contribution in [2.45, 2.75) is 39.5 Å². The third-order valence-electron chi connectivity index (χ3n) is 4.74. The van der Waals surface area contributed by atoms with Gasteiger partial charge in [-0.1, -0.05) is 73.5 Å². The van der Waals surface area contributed by atoms with E-state index in [1.54, 1.807) is 0 Å². The van der Waals surface area contributed by atoms with Gasteiger partial charge in [-0.15, -0.1) is 0 Å². The Balaban J connectivity index is 1.78. The van der Waals surface area contributed by atoms with E-state index in [1.807, 2.05) is 0 Å². The quantitative estimate of drug-likeness (QED) is 0.621. The second kappa shape index (κ2) is 6.30. The summed E-state index contributed by atoms with van der Waals surface area (Å²) in [4.78, 5) is 0. The summed E-state index contributed by atoms with van der Waals surface area (Å²) in [5.74, 6) is 0.903. The molecule has 0 spiro atoms. The molecule has 0 saturated carbocycles. The zero-order chi connectivity index (χ0) is 14.7. The van der Waals surface area contributed by atoms with Crippen LogP contribution in [0.2, 0.25) is 0 Å². The van der Waals surface area contributed by atoms with Crippen molar-refractivity contribution in [3.8, 4) is 11.1 Å². The fourth-order valence-electron chi connectivity index (χ4n) is 3.14. The molecular formula is C21H24. The average Bonchev–Trinajstić information content (AvgIpc) is 2.56. The number of hydrogen-bond donors (Lipinski definition) is 0. The summed E-state index contributed by atoms with van der Waals surface area (Å²) < 4.78 is 0. The molecule has 1 aliphatic rings. The molecule has 0 N–H and O–H groups in total. The molecule has 0 saturated heterocycles. The fourth-order valence-corrected chi connectivity index (χ4v) is 3.14. The highest BCUT2D eigenvalue weighted by Crippen LogP contribution is 2.32. The van der Waals surface area contributed by atoms with E-state index in [4.69, 9.17) is 0 Å². The van der Waals surface area contributed by atoms with Gasteiger partial charge in [0.25, 0.3) is 0 Å². The van der Waals surface area contributed by atoms with Gasteiger partial charge in [-0.25, -0.2) is 0 Å². The lowest BCUT2D eigenvalue weighted by Gasteiger charge is -2.20. The van der Waals surface area contributed by atoms with E-state index < -0.39 is 0 Å². The molecule has 0 fully saturated rings. The molecule has 0 nitrogen and oxygen atoms in total. The first-order valence-corrected chi connectivity index (χ1v) is 8.13. The predicted octanol–water partition coefficient (Wildman–Crippen LogP) is 6.26. The van der Waals surface area contributed by atoms with E-state index in [2.05, 4.69) is 68.5 Å². The van der Waals surface area contributed by atoms with Gasteiger partial charge in [0.1, 0.15) is 0 Å². The van der Waals surface area contributed by atoms with Crippen molar-refractivity contribution < 1.29 is 0 Å².